The SMILES string of the molecule is CSCCCCN[O-]. The lowest BCUT2D eigenvalue weighted by molar-refractivity contribution is 0.742. The number of thioether (sulfide) groups is 1. The average molecular weight is 134 g/mol. The van der Waals surface area contributed by atoms with Gasteiger partial charge in [-0.25, -0.2) is 0 Å². The van der Waals surface area contributed by atoms with Crippen molar-refractivity contribution in [3.63, 3.8) is 0 Å². The molecule has 3 heteroatoms. The van der Waals surface area contributed by atoms with Gasteiger partial charge in [-0.15, -0.1) is 0 Å². The van der Waals surface area contributed by atoms with Gasteiger partial charge in [-0.1, -0.05) is 0 Å². The van der Waals surface area contributed by atoms with E-state index in [2.05, 4.69) is 6.26 Å². The summed E-state index contributed by atoms with van der Waals surface area (Å²) in [6, 6.07) is 0. The van der Waals surface area contributed by atoms with Crippen molar-refractivity contribution < 1.29 is 0 Å². The maximum absolute atomic E-state index is 9.64. The predicted molar refractivity (Wildman–Crippen MR) is 39.0 cm³/mol. The zero-order valence-electron chi connectivity index (χ0n) is 5.14. The summed E-state index contributed by atoms with van der Waals surface area (Å²) in [5.74, 6) is 1.17. The Bertz CT molecular complexity index is 37.4. The summed E-state index contributed by atoms with van der Waals surface area (Å²) in [5.41, 5.74) is 1.87. The van der Waals surface area contributed by atoms with E-state index in [9.17, 15) is 5.21 Å². The first-order valence-corrected chi connectivity index (χ1v) is 4.15. The first-order valence-electron chi connectivity index (χ1n) is 2.75. The van der Waals surface area contributed by atoms with Gasteiger partial charge >= 0.3 is 0 Å². The summed E-state index contributed by atoms with van der Waals surface area (Å²) in [6.07, 6.45) is 4.23. The second kappa shape index (κ2) is 7.27. The third kappa shape index (κ3) is 6.27. The molecule has 0 bridgehead atoms. The molecule has 0 spiro atoms. The lowest BCUT2D eigenvalue weighted by Gasteiger charge is -2.04. The van der Waals surface area contributed by atoms with Crippen molar-refractivity contribution in [3.8, 4) is 0 Å². The molecule has 0 aromatic heterocycles. The van der Waals surface area contributed by atoms with Crippen LogP contribution in [0.2, 0.25) is 0 Å². The van der Waals surface area contributed by atoms with Gasteiger partial charge in [0, 0.05) is 0 Å². The van der Waals surface area contributed by atoms with Gasteiger partial charge in [0.2, 0.25) is 0 Å². The normalized spacial score (nSPS) is 9.75. The van der Waals surface area contributed by atoms with E-state index in [4.69, 9.17) is 0 Å². The van der Waals surface area contributed by atoms with Gasteiger partial charge in [0.15, 0.2) is 0 Å². The van der Waals surface area contributed by atoms with Crippen LogP contribution in [0.25, 0.3) is 0 Å². The van der Waals surface area contributed by atoms with Crippen molar-refractivity contribution >= 4 is 11.8 Å². The van der Waals surface area contributed by atoms with Gasteiger partial charge in [0.25, 0.3) is 0 Å². The number of rotatable bonds is 5. The van der Waals surface area contributed by atoms with Crippen LogP contribution in [0.4, 0.5) is 0 Å². The van der Waals surface area contributed by atoms with Gasteiger partial charge in [-0.3, -0.25) is 0 Å². The van der Waals surface area contributed by atoms with Crippen LogP contribution < -0.4 is 5.48 Å². The molecule has 0 unspecified atom stereocenters. The van der Waals surface area contributed by atoms with E-state index in [1.54, 1.807) is 0 Å². The second-order valence-electron chi connectivity index (χ2n) is 1.59. The van der Waals surface area contributed by atoms with E-state index in [-0.39, 0.29) is 0 Å². The minimum atomic E-state index is 0.612. The van der Waals surface area contributed by atoms with Crippen LogP contribution in [-0.4, -0.2) is 18.6 Å². The van der Waals surface area contributed by atoms with Gasteiger partial charge in [-0.05, 0) is 31.4 Å². The van der Waals surface area contributed by atoms with E-state index in [0.29, 0.717) is 6.54 Å². The third-order valence-corrected chi connectivity index (χ3v) is 1.57. The highest BCUT2D eigenvalue weighted by Gasteiger charge is 1.81. The van der Waals surface area contributed by atoms with Crippen LogP contribution in [-0.2, 0) is 0 Å². The first kappa shape index (κ1) is 8.27. The number of nitrogens with one attached hydrogen (secondary N) is 1. The molecule has 8 heavy (non-hydrogen) atoms. The molecule has 0 saturated heterocycles. The molecule has 0 rings (SSSR count). The number of hydroxylamine groups is 1. The summed E-state index contributed by atoms with van der Waals surface area (Å²) in [7, 11) is 0. The predicted octanol–water partition coefficient (Wildman–Crippen LogP) is 1.22. The quantitative estimate of drug-likeness (QED) is 0.453. The maximum Gasteiger partial charge on any atom is -0.00698 e. The molecule has 0 amide bonds. The van der Waals surface area contributed by atoms with E-state index in [0.717, 1.165) is 12.8 Å². The van der Waals surface area contributed by atoms with E-state index < -0.39 is 0 Å². The Labute approximate surface area is 54.6 Å². The monoisotopic (exact) mass is 134 g/mol. The van der Waals surface area contributed by atoms with E-state index in [1.807, 2.05) is 17.2 Å². The molecule has 0 fully saturated rings. The molecule has 0 aliphatic carbocycles. The molecule has 1 N–H and O–H groups in total. The van der Waals surface area contributed by atoms with Crippen molar-refractivity contribution in [2.45, 2.75) is 12.8 Å². The van der Waals surface area contributed by atoms with Crippen molar-refractivity contribution in [2.75, 3.05) is 18.6 Å². The van der Waals surface area contributed by atoms with Gasteiger partial charge < -0.3 is 10.7 Å². The van der Waals surface area contributed by atoms with Gasteiger partial charge in [-0.2, -0.15) is 11.8 Å². The topological polar surface area (TPSA) is 35.1 Å². The molecular weight excluding hydrogens is 122 g/mol. The number of hydrogen-bond donors (Lipinski definition) is 1. The van der Waals surface area contributed by atoms with Crippen LogP contribution >= 0.6 is 11.8 Å². The Hall–Kier alpha value is 0.270. The molecule has 50 valence electrons. The summed E-state index contributed by atoms with van der Waals surface area (Å²) >= 11 is 1.82. The summed E-state index contributed by atoms with van der Waals surface area (Å²) in [5, 5.41) is 9.64. The Kier molecular flexibility index (Phi) is 7.52. The van der Waals surface area contributed by atoms with Crippen molar-refractivity contribution in [1.29, 1.82) is 0 Å². The Morgan fingerprint density at radius 2 is 2.25 bits per heavy atom. The Morgan fingerprint density at radius 3 is 2.75 bits per heavy atom. The van der Waals surface area contributed by atoms with Gasteiger partial charge in [0.1, 0.15) is 0 Å². The zero-order chi connectivity index (χ0) is 6.24. The van der Waals surface area contributed by atoms with Crippen LogP contribution in [0.5, 0.6) is 0 Å². The fraction of sp³-hybridized carbons (Fsp3) is 1.00. The molecule has 0 heterocycles. The summed E-state index contributed by atoms with van der Waals surface area (Å²) < 4.78 is 0. The number of unbranched alkanes of at least 4 members (excludes halogenated alkanes) is 1. The molecule has 0 atom stereocenters. The number of hydrogen-bond acceptors (Lipinski definition) is 3. The summed E-state index contributed by atoms with van der Waals surface area (Å²) in [6.45, 7) is 0.612. The van der Waals surface area contributed by atoms with Crippen LogP contribution in [0.3, 0.4) is 0 Å². The van der Waals surface area contributed by atoms with Gasteiger partial charge in [0.05, 0.1) is 0 Å². The Balaban J connectivity index is 2.53. The van der Waals surface area contributed by atoms with Crippen molar-refractivity contribution in [3.05, 3.63) is 5.21 Å². The first-order chi connectivity index (χ1) is 3.91. The highest BCUT2D eigenvalue weighted by molar-refractivity contribution is 7.98. The average Bonchev–Trinajstić information content (AvgIpc) is 1.81. The Morgan fingerprint density at radius 1 is 1.50 bits per heavy atom. The van der Waals surface area contributed by atoms with Crippen LogP contribution in [0, 0.1) is 5.21 Å². The standard InChI is InChI=1S/C5H12NOS/c1-8-5-3-2-4-6-7/h6H,2-5H2,1H3/q-1. The molecule has 0 aromatic carbocycles. The molecule has 0 aliphatic heterocycles. The van der Waals surface area contributed by atoms with Crippen molar-refractivity contribution in [1.82, 2.24) is 5.48 Å². The van der Waals surface area contributed by atoms with E-state index in [1.165, 1.54) is 5.75 Å². The molecule has 0 aromatic rings. The highest BCUT2D eigenvalue weighted by atomic mass is 32.2. The zero-order valence-corrected chi connectivity index (χ0v) is 5.96. The molecule has 0 aliphatic rings. The fourth-order valence-corrected chi connectivity index (χ4v) is 0.936. The molecular formula is C5H12NOS-. The maximum atomic E-state index is 9.64. The van der Waals surface area contributed by atoms with E-state index >= 15 is 0 Å². The molecule has 0 saturated carbocycles. The van der Waals surface area contributed by atoms with Crippen LogP contribution in [0.1, 0.15) is 12.8 Å². The minimum absolute atomic E-state index is 0.612. The summed E-state index contributed by atoms with van der Waals surface area (Å²) in [4.78, 5) is 0. The third-order valence-electron chi connectivity index (χ3n) is 0.877. The lowest BCUT2D eigenvalue weighted by Crippen LogP contribution is -2.04. The largest absolute Gasteiger partial charge is 0.788 e. The smallest absolute Gasteiger partial charge is 0.00698 e. The molecule has 2 nitrogen and oxygen atoms in total. The molecule has 0 radical (unpaired) electrons. The fourth-order valence-electron chi connectivity index (χ4n) is 0.444. The van der Waals surface area contributed by atoms with Crippen LogP contribution in [0.15, 0.2) is 0 Å². The lowest BCUT2D eigenvalue weighted by atomic mass is 10.3. The second-order valence-corrected chi connectivity index (χ2v) is 2.58. The highest BCUT2D eigenvalue weighted by Crippen LogP contribution is 1.97. The minimum Gasteiger partial charge on any atom is -0.788 e. The van der Waals surface area contributed by atoms with Crippen molar-refractivity contribution in [2.24, 2.45) is 0 Å².